The molecule has 0 aliphatic heterocycles. The fourth-order valence-corrected chi connectivity index (χ4v) is 1.16. The molecule has 0 radical (unpaired) electrons. The number of hydrogen-bond acceptors (Lipinski definition) is 3. The van der Waals surface area contributed by atoms with E-state index in [0.29, 0.717) is 12.2 Å². The lowest BCUT2D eigenvalue weighted by molar-refractivity contribution is 0.194. The van der Waals surface area contributed by atoms with Crippen LogP contribution < -0.4 is 4.74 Å². The van der Waals surface area contributed by atoms with E-state index in [1.807, 2.05) is 0 Å². The Hall–Kier alpha value is -1.22. The molecule has 0 heterocycles. The molecule has 0 aliphatic rings. The van der Waals surface area contributed by atoms with E-state index in [-0.39, 0.29) is 5.75 Å². The number of rotatable bonds is 3. The molecule has 0 aromatic heterocycles. The van der Waals surface area contributed by atoms with Crippen molar-refractivity contribution in [2.75, 3.05) is 7.11 Å². The number of aliphatic hydroxyl groups is 1. The second kappa shape index (κ2) is 4.14. The lowest BCUT2D eigenvalue weighted by atomic mass is 10.1. The number of phenols is 1. The van der Waals surface area contributed by atoms with Gasteiger partial charge in [-0.15, -0.1) is 0 Å². The van der Waals surface area contributed by atoms with Crippen molar-refractivity contribution in [3.63, 3.8) is 0 Å². The van der Waals surface area contributed by atoms with E-state index in [2.05, 4.69) is 0 Å². The van der Waals surface area contributed by atoms with Gasteiger partial charge in [-0.3, -0.25) is 0 Å². The van der Waals surface area contributed by atoms with Crippen LogP contribution in [-0.4, -0.2) is 23.4 Å². The van der Waals surface area contributed by atoms with E-state index < -0.39 is 6.10 Å². The van der Waals surface area contributed by atoms with Crippen LogP contribution in [0.25, 0.3) is 0 Å². The van der Waals surface area contributed by atoms with E-state index in [1.54, 1.807) is 26.2 Å². The van der Waals surface area contributed by atoms with Crippen molar-refractivity contribution in [3.8, 4) is 11.5 Å². The number of ether oxygens (including phenoxy) is 1. The second-order valence-electron chi connectivity index (χ2n) is 3.05. The Morgan fingerprint density at radius 1 is 1.46 bits per heavy atom. The number of aliphatic hydroxyl groups excluding tert-OH is 1. The molecular formula is C10H14O3. The van der Waals surface area contributed by atoms with Crippen LogP contribution in [0.5, 0.6) is 11.5 Å². The predicted molar refractivity (Wildman–Crippen MR) is 50.0 cm³/mol. The molecule has 13 heavy (non-hydrogen) atoms. The van der Waals surface area contributed by atoms with Crippen molar-refractivity contribution < 1.29 is 14.9 Å². The SMILES string of the molecule is COc1ccc(C[C@H](C)O)c(O)c1. The molecule has 0 unspecified atom stereocenters. The summed E-state index contributed by atoms with van der Waals surface area (Å²) in [5.41, 5.74) is 0.732. The van der Waals surface area contributed by atoms with Crippen LogP contribution in [0.3, 0.4) is 0 Å². The second-order valence-corrected chi connectivity index (χ2v) is 3.05. The third kappa shape index (κ3) is 2.63. The molecule has 1 aromatic rings. The average molecular weight is 182 g/mol. The molecule has 0 fully saturated rings. The van der Waals surface area contributed by atoms with Gasteiger partial charge in [0.25, 0.3) is 0 Å². The minimum absolute atomic E-state index is 0.167. The largest absolute Gasteiger partial charge is 0.508 e. The van der Waals surface area contributed by atoms with Gasteiger partial charge in [0.05, 0.1) is 13.2 Å². The molecule has 1 aromatic carbocycles. The van der Waals surface area contributed by atoms with Crippen molar-refractivity contribution in [2.24, 2.45) is 0 Å². The van der Waals surface area contributed by atoms with E-state index in [4.69, 9.17) is 9.84 Å². The summed E-state index contributed by atoms with van der Waals surface area (Å²) in [4.78, 5) is 0. The van der Waals surface area contributed by atoms with Gasteiger partial charge in [0.1, 0.15) is 11.5 Å². The molecule has 0 bridgehead atoms. The van der Waals surface area contributed by atoms with Crippen LogP contribution in [0, 0.1) is 0 Å². The summed E-state index contributed by atoms with van der Waals surface area (Å²) >= 11 is 0. The lowest BCUT2D eigenvalue weighted by Gasteiger charge is -2.08. The van der Waals surface area contributed by atoms with Crippen molar-refractivity contribution in [1.29, 1.82) is 0 Å². The van der Waals surface area contributed by atoms with Gasteiger partial charge in [-0.1, -0.05) is 6.07 Å². The number of aromatic hydroxyl groups is 1. The van der Waals surface area contributed by atoms with Gasteiger partial charge < -0.3 is 14.9 Å². The average Bonchev–Trinajstić information content (AvgIpc) is 2.08. The summed E-state index contributed by atoms with van der Waals surface area (Å²) in [6.07, 6.45) is 0.00910. The Labute approximate surface area is 77.6 Å². The summed E-state index contributed by atoms with van der Waals surface area (Å²) in [6, 6.07) is 5.05. The summed E-state index contributed by atoms with van der Waals surface area (Å²) in [6.45, 7) is 1.68. The summed E-state index contributed by atoms with van der Waals surface area (Å²) < 4.78 is 4.93. The first kappa shape index (κ1) is 9.86. The topological polar surface area (TPSA) is 49.7 Å². The van der Waals surface area contributed by atoms with E-state index in [9.17, 15) is 5.11 Å². The molecule has 0 aliphatic carbocycles. The maximum Gasteiger partial charge on any atom is 0.122 e. The minimum Gasteiger partial charge on any atom is -0.508 e. The van der Waals surface area contributed by atoms with Crippen LogP contribution in [0.15, 0.2) is 18.2 Å². The van der Waals surface area contributed by atoms with E-state index in [0.717, 1.165) is 5.56 Å². The maximum atomic E-state index is 9.48. The fraction of sp³-hybridized carbons (Fsp3) is 0.400. The quantitative estimate of drug-likeness (QED) is 0.741. The smallest absolute Gasteiger partial charge is 0.122 e. The molecule has 0 saturated carbocycles. The maximum absolute atomic E-state index is 9.48. The van der Waals surface area contributed by atoms with Crippen molar-refractivity contribution in [2.45, 2.75) is 19.4 Å². The van der Waals surface area contributed by atoms with Gasteiger partial charge in [0.15, 0.2) is 0 Å². The zero-order chi connectivity index (χ0) is 9.84. The molecule has 0 amide bonds. The molecule has 0 saturated heterocycles. The monoisotopic (exact) mass is 182 g/mol. The highest BCUT2D eigenvalue weighted by Gasteiger charge is 2.05. The molecule has 1 atom stereocenters. The lowest BCUT2D eigenvalue weighted by Crippen LogP contribution is -2.04. The highest BCUT2D eigenvalue weighted by atomic mass is 16.5. The van der Waals surface area contributed by atoms with Crippen molar-refractivity contribution in [3.05, 3.63) is 23.8 Å². The van der Waals surface area contributed by atoms with Crippen LogP contribution in [-0.2, 0) is 6.42 Å². The predicted octanol–water partition coefficient (Wildman–Crippen LogP) is 1.32. The van der Waals surface area contributed by atoms with Gasteiger partial charge in [-0.2, -0.15) is 0 Å². The zero-order valence-electron chi connectivity index (χ0n) is 7.82. The molecule has 0 spiro atoms. The number of methoxy groups -OCH3 is 1. The van der Waals surface area contributed by atoms with Gasteiger partial charge in [0.2, 0.25) is 0 Å². The first-order valence-electron chi connectivity index (χ1n) is 4.17. The van der Waals surface area contributed by atoms with Crippen LogP contribution in [0.2, 0.25) is 0 Å². The Balaban J connectivity index is 2.85. The zero-order valence-corrected chi connectivity index (χ0v) is 7.82. The molecule has 72 valence electrons. The van der Waals surface area contributed by atoms with Crippen LogP contribution in [0.1, 0.15) is 12.5 Å². The molecule has 3 heteroatoms. The van der Waals surface area contributed by atoms with Gasteiger partial charge in [-0.05, 0) is 18.6 Å². The highest BCUT2D eigenvalue weighted by molar-refractivity contribution is 5.39. The molecule has 3 nitrogen and oxygen atoms in total. The third-order valence-electron chi connectivity index (χ3n) is 1.81. The Bertz CT molecular complexity index is 281. The van der Waals surface area contributed by atoms with Crippen molar-refractivity contribution >= 4 is 0 Å². The summed E-state index contributed by atoms with van der Waals surface area (Å²) in [7, 11) is 1.54. The Morgan fingerprint density at radius 3 is 2.62 bits per heavy atom. The Morgan fingerprint density at radius 2 is 2.15 bits per heavy atom. The minimum atomic E-state index is -0.445. The van der Waals surface area contributed by atoms with Gasteiger partial charge in [-0.25, -0.2) is 0 Å². The third-order valence-corrected chi connectivity index (χ3v) is 1.81. The number of benzene rings is 1. The normalized spacial score (nSPS) is 12.5. The van der Waals surface area contributed by atoms with Gasteiger partial charge in [0, 0.05) is 12.5 Å². The molecule has 1 rings (SSSR count). The fourth-order valence-electron chi connectivity index (χ4n) is 1.16. The number of hydrogen-bond donors (Lipinski definition) is 2. The highest BCUT2D eigenvalue weighted by Crippen LogP contribution is 2.24. The van der Waals surface area contributed by atoms with E-state index >= 15 is 0 Å². The van der Waals surface area contributed by atoms with E-state index in [1.165, 1.54) is 6.07 Å². The summed E-state index contributed by atoms with van der Waals surface area (Å²) in [5, 5.41) is 18.6. The molecule has 2 N–H and O–H groups in total. The first-order chi connectivity index (χ1) is 6.13. The Kier molecular flexibility index (Phi) is 3.14. The van der Waals surface area contributed by atoms with Crippen LogP contribution in [0.4, 0.5) is 0 Å². The van der Waals surface area contributed by atoms with Crippen molar-refractivity contribution in [1.82, 2.24) is 0 Å². The van der Waals surface area contributed by atoms with Gasteiger partial charge >= 0.3 is 0 Å². The summed E-state index contributed by atoms with van der Waals surface area (Å²) in [5.74, 6) is 0.784. The first-order valence-corrected chi connectivity index (χ1v) is 4.17. The standard InChI is InChI=1S/C10H14O3/c1-7(11)5-8-3-4-9(13-2)6-10(8)12/h3-4,6-7,11-12H,5H2,1-2H3/t7-/m0/s1. The number of phenolic OH excluding ortho intramolecular Hbond substituents is 1. The van der Waals surface area contributed by atoms with Crippen LogP contribution >= 0.6 is 0 Å². The molecular weight excluding hydrogens is 168 g/mol.